The summed E-state index contributed by atoms with van der Waals surface area (Å²) in [5.41, 5.74) is 9.59. The minimum Gasteiger partial charge on any atom is -0.346 e. The van der Waals surface area contributed by atoms with Crippen LogP contribution in [0.4, 0.5) is 0 Å². The zero-order valence-corrected chi connectivity index (χ0v) is 10.5. The van der Waals surface area contributed by atoms with Gasteiger partial charge in [0, 0.05) is 12.6 Å². The van der Waals surface area contributed by atoms with Crippen LogP contribution in [0.3, 0.4) is 0 Å². The third kappa shape index (κ3) is 2.50. The minimum atomic E-state index is -0.121. The predicted octanol–water partition coefficient (Wildman–Crippen LogP) is 2.58. The van der Waals surface area contributed by atoms with Gasteiger partial charge in [-0.3, -0.25) is 0 Å². The van der Waals surface area contributed by atoms with Crippen molar-refractivity contribution in [2.24, 2.45) is 10.7 Å². The van der Waals surface area contributed by atoms with Gasteiger partial charge < -0.3 is 10.6 Å². The average Bonchev–Trinajstić information content (AvgIpc) is 2.61. The fourth-order valence-electron chi connectivity index (χ4n) is 2.37. The minimum absolute atomic E-state index is 0.121. The van der Waals surface area contributed by atoms with Crippen LogP contribution in [0.1, 0.15) is 32.1 Å². The largest absolute Gasteiger partial charge is 0.346 e. The molecule has 0 spiro atoms. The summed E-state index contributed by atoms with van der Waals surface area (Å²) in [6.07, 6.45) is 12.0. The van der Waals surface area contributed by atoms with E-state index < -0.39 is 0 Å². The number of allylic oxidation sites excluding steroid dienone is 2. The van der Waals surface area contributed by atoms with E-state index in [-0.39, 0.29) is 6.17 Å². The number of aliphatic imine (C=N–C) groups is 1. The van der Waals surface area contributed by atoms with Crippen molar-refractivity contribution in [3.8, 4) is 0 Å². The molecule has 2 aliphatic rings. The molecule has 3 nitrogen and oxygen atoms in total. The van der Waals surface area contributed by atoms with E-state index in [1.807, 2.05) is 24.4 Å². The van der Waals surface area contributed by atoms with Gasteiger partial charge in [-0.2, -0.15) is 0 Å². The standard InChI is InChI=1S/C14H21N3/c1-3-12-13(16-10-17(2)14(12)15)11-8-6-4-5-7-9-11/h3,8,10,14H,1,4-7,9,15H2,2H3. The number of rotatable bonds is 2. The van der Waals surface area contributed by atoms with E-state index in [1.54, 1.807) is 0 Å². The summed E-state index contributed by atoms with van der Waals surface area (Å²) in [5.74, 6) is 0. The molecular weight excluding hydrogens is 210 g/mol. The van der Waals surface area contributed by atoms with Crippen LogP contribution >= 0.6 is 0 Å². The summed E-state index contributed by atoms with van der Waals surface area (Å²) in [5, 5.41) is 0. The monoisotopic (exact) mass is 231 g/mol. The van der Waals surface area contributed by atoms with E-state index in [2.05, 4.69) is 17.6 Å². The first-order valence-electron chi connectivity index (χ1n) is 6.31. The van der Waals surface area contributed by atoms with Crippen LogP contribution in [0, 0.1) is 0 Å². The lowest BCUT2D eigenvalue weighted by Crippen LogP contribution is -2.42. The van der Waals surface area contributed by atoms with E-state index in [0.717, 1.165) is 24.1 Å². The Kier molecular flexibility index (Phi) is 3.79. The first-order valence-corrected chi connectivity index (χ1v) is 6.31. The molecule has 0 bridgehead atoms. The molecule has 3 heteroatoms. The van der Waals surface area contributed by atoms with E-state index >= 15 is 0 Å². The highest BCUT2D eigenvalue weighted by Gasteiger charge is 2.21. The van der Waals surface area contributed by atoms with E-state index in [9.17, 15) is 0 Å². The van der Waals surface area contributed by atoms with E-state index in [4.69, 9.17) is 5.73 Å². The summed E-state index contributed by atoms with van der Waals surface area (Å²) in [6, 6.07) is 0. The predicted molar refractivity (Wildman–Crippen MR) is 72.6 cm³/mol. The molecular formula is C14H21N3. The molecule has 0 radical (unpaired) electrons. The summed E-state index contributed by atoms with van der Waals surface area (Å²) in [6.45, 7) is 3.87. The molecule has 0 aromatic heterocycles. The van der Waals surface area contributed by atoms with Crippen LogP contribution < -0.4 is 5.73 Å². The maximum Gasteiger partial charge on any atom is 0.106 e. The molecule has 1 unspecified atom stereocenters. The van der Waals surface area contributed by atoms with Gasteiger partial charge >= 0.3 is 0 Å². The fourth-order valence-corrected chi connectivity index (χ4v) is 2.37. The molecule has 0 amide bonds. The van der Waals surface area contributed by atoms with Gasteiger partial charge in [-0.1, -0.05) is 25.2 Å². The molecule has 2 N–H and O–H groups in total. The summed E-state index contributed by atoms with van der Waals surface area (Å²) < 4.78 is 0. The van der Waals surface area contributed by atoms with Crippen molar-refractivity contribution in [1.29, 1.82) is 0 Å². The van der Waals surface area contributed by atoms with Crippen LogP contribution in [0.5, 0.6) is 0 Å². The Balaban J connectivity index is 2.34. The summed E-state index contributed by atoms with van der Waals surface area (Å²) in [4.78, 5) is 6.45. The molecule has 1 aliphatic heterocycles. The smallest absolute Gasteiger partial charge is 0.106 e. The van der Waals surface area contributed by atoms with Crippen LogP contribution in [0.25, 0.3) is 0 Å². The van der Waals surface area contributed by atoms with Crippen molar-refractivity contribution in [3.05, 3.63) is 35.6 Å². The first-order chi connectivity index (χ1) is 8.24. The maximum absolute atomic E-state index is 6.15. The molecule has 0 fully saturated rings. The molecule has 1 heterocycles. The molecule has 0 aromatic rings. The van der Waals surface area contributed by atoms with Crippen molar-refractivity contribution in [2.75, 3.05) is 7.05 Å². The zero-order valence-electron chi connectivity index (χ0n) is 10.5. The van der Waals surface area contributed by atoms with Crippen LogP contribution in [0.2, 0.25) is 0 Å². The highest BCUT2D eigenvalue weighted by atomic mass is 15.2. The van der Waals surface area contributed by atoms with Gasteiger partial charge in [-0.05, 0) is 31.3 Å². The first kappa shape index (κ1) is 12.1. The van der Waals surface area contributed by atoms with Gasteiger partial charge in [0.1, 0.15) is 6.17 Å². The average molecular weight is 231 g/mol. The molecule has 2 rings (SSSR count). The molecule has 1 atom stereocenters. The Hall–Kier alpha value is -1.35. The second kappa shape index (κ2) is 5.32. The van der Waals surface area contributed by atoms with Gasteiger partial charge in [0.05, 0.1) is 12.0 Å². The SMILES string of the molecule is C=CC1=C(C2=CCCCCC2)N=CN(C)C1N. The van der Waals surface area contributed by atoms with Gasteiger partial charge in [-0.25, -0.2) is 4.99 Å². The molecule has 17 heavy (non-hydrogen) atoms. The van der Waals surface area contributed by atoms with E-state index in [0.29, 0.717) is 0 Å². The van der Waals surface area contributed by atoms with E-state index in [1.165, 1.54) is 24.8 Å². The normalized spacial score (nSPS) is 25.6. The fraction of sp³-hybridized carbons (Fsp3) is 0.500. The highest BCUT2D eigenvalue weighted by molar-refractivity contribution is 5.64. The lowest BCUT2D eigenvalue weighted by Gasteiger charge is -2.29. The van der Waals surface area contributed by atoms with Crippen LogP contribution in [-0.4, -0.2) is 24.5 Å². The molecule has 0 saturated carbocycles. The topological polar surface area (TPSA) is 41.6 Å². The Labute approximate surface area is 103 Å². The summed E-state index contributed by atoms with van der Waals surface area (Å²) >= 11 is 0. The number of nitrogens with two attached hydrogens (primary N) is 1. The van der Waals surface area contributed by atoms with Gasteiger partial charge in [0.25, 0.3) is 0 Å². The lowest BCUT2D eigenvalue weighted by molar-refractivity contribution is 0.426. The third-order valence-electron chi connectivity index (χ3n) is 3.46. The number of hydrogen-bond donors (Lipinski definition) is 1. The molecule has 92 valence electrons. The Morgan fingerprint density at radius 3 is 3.06 bits per heavy atom. The van der Waals surface area contributed by atoms with Crippen molar-refractivity contribution in [2.45, 2.75) is 38.3 Å². The quantitative estimate of drug-likeness (QED) is 0.793. The Morgan fingerprint density at radius 1 is 1.47 bits per heavy atom. The lowest BCUT2D eigenvalue weighted by atomic mass is 9.99. The highest BCUT2D eigenvalue weighted by Crippen LogP contribution is 2.29. The molecule has 0 saturated heterocycles. The van der Waals surface area contributed by atoms with Gasteiger partial charge in [-0.15, -0.1) is 0 Å². The van der Waals surface area contributed by atoms with Gasteiger partial charge in [0.15, 0.2) is 0 Å². The maximum atomic E-state index is 6.15. The molecule has 0 aromatic carbocycles. The molecule has 1 aliphatic carbocycles. The van der Waals surface area contributed by atoms with Gasteiger partial charge in [0.2, 0.25) is 0 Å². The van der Waals surface area contributed by atoms with Crippen molar-refractivity contribution >= 4 is 6.34 Å². The summed E-state index contributed by atoms with van der Waals surface area (Å²) in [7, 11) is 1.94. The zero-order chi connectivity index (χ0) is 12.3. The Bertz CT molecular complexity index is 390. The number of likely N-dealkylation sites (N-methyl/N-ethyl adjacent to an activating group) is 1. The van der Waals surface area contributed by atoms with Crippen molar-refractivity contribution < 1.29 is 0 Å². The second-order valence-electron chi connectivity index (χ2n) is 4.69. The van der Waals surface area contributed by atoms with Crippen molar-refractivity contribution in [3.63, 3.8) is 0 Å². The van der Waals surface area contributed by atoms with Crippen LogP contribution in [-0.2, 0) is 0 Å². The second-order valence-corrected chi connectivity index (χ2v) is 4.69. The number of hydrogen-bond acceptors (Lipinski definition) is 3. The number of nitrogens with zero attached hydrogens (tertiary/aromatic N) is 2. The Morgan fingerprint density at radius 2 is 2.29 bits per heavy atom. The van der Waals surface area contributed by atoms with Crippen LogP contribution in [0.15, 0.2) is 40.6 Å². The van der Waals surface area contributed by atoms with Crippen molar-refractivity contribution in [1.82, 2.24) is 4.90 Å². The third-order valence-corrected chi connectivity index (χ3v) is 3.46.